The Bertz CT molecular complexity index is 1760. The zero-order valence-electron chi connectivity index (χ0n) is 28.2. The third-order valence-electron chi connectivity index (χ3n) is 9.86. The summed E-state index contributed by atoms with van der Waals surface area (Å²) in [6.45, 7) is 8.30. The van der Waals surface area contributed by atoms with Crippen molar-refractivity contribution >= 4 is 27.7 Å². The van der Waals surface area contributed by atoms with Crippen molar-refractivity contribution in [2.24, 2.45) is 0 Å². The average Bonchev–Trinajstić information content (AvgIpc) is 3.36. The highest BCUT2D eigenvalue weighted by molar-refractivity contribution is 7.93. The first-order valence-corrected chi connectivity index (χ1v) is 17.9. The van der Waals surface area contributed by atoms with Crippen LogP contribution in [-0.4, -0.2) is 102 Å². The molecule has 3 aromatic rings. The van der Waals surface area contributed by atoms with Crippen molar-refractivity contribution < 1.29 is 32.2 Å². The Labute approximate surface area is 283 Å². The van der Waals surface area contributed by atoms with Crippen LogP contribution < -0.4 is 13.8 Å². The monoisotopic (exact) mass is 676 g/mol. The van der Waals surface area contributed by atoms with Crippen LogP contribution in [0.25, 0.3) is 0 Å². The first-order chi connectivity index (χ1) is 23.0. The third-order valence-corrected chi connectivity index (χ3v) is 11.6. The van der Waals surface area contributed by atoms with Gasteiger partial charge in [0.25, 0.3) is 15.9 Å². The SMILES string of the molecule is COc1ccc(S(=O)(=O)N2C(=O)C(OC(=O)N3CCN(C4CCN(C)CC4)CC3)(c3ccccc3C(C)C)c3cc(OC)ccc32)cc1. The molecule has 0 spiro atoms. The Kier molecular flexibility index (Phi) is 9.43. The van der Waals surface area contributed by atoms with Crippen LogP contribution in [0.1, 0.15) is 49.3 Å². The number of carbonyl (C=O) groups is 2. The lowest BCUT2D eigenvalue weighted by atomic mass is 9.81. The minimum atomic E-state index is -4.47. The van der Waals surface area contributed by atoms with E-state index in [4.69, 9.17) is 14.2 Å². The molecule has 3 aliphatic rings. The summed E-state index contributed by atoms with van der Waals surface area (Å²) < 4.78 is 46.8. The molecule has 2 saturated heterocycles. The van der Waals surface area contributed by atoms with E-state index in [1.807, 2.05) is 26.0 Å². The van der Waals surface area contributed by atoms with Gasteiger partial charge in [-0.25, -0.2) is 13.2 Å². The van der Waals surface area contributed by atoms with Crippen LogP contribution in [0.2, 0.25) is 0 Å². The number of piperidine rings is 1. The lowest BCUT2D eigenvalue weighted by Gasteiger charge is -2.42. The summed E-state index contributed by atoms with van der Waals surface area (Å²) in [4.78, 5) is 35.6. The van der Waals surface area contributed by atoms with Gasteiger partial charge in [-0.1, -0.05) is 38.1 Å². The number of fused-ring (bicyclic) bond motifs is 1. The summed E-state index contributed by atoms with van der Waals surface area (Å²) in [5.41, 5.74) is -0.634. The lowest BCUT2D eigenvalue weighted by Crippen LogP contribution is -2.55. The normalized spacial score (nSPS) is 21.0. The highest BCUT2D eigenvalue weighted by atomic mass is 32.2. The molecule has 48 heavy (non-hydrogen) atoms. The number of anilines is 1. The summed E-state index contributed by atoms with van der Waals surface area (Å²) in [6.07, 6.45) is 1.49. The van der Waals surface area contributed by atoms with Crippen molar-refractivity contribution in [2.75, 3.05) is 64.8 Å². The summed E-state index contributed by atoms with van der Waals surface area (Å²) in [5, 5.41) is 0. The van der Waals surface area contributed by atoms with Crippen molar-refractivity contribution in [3.8, 4) is 11.5 Å². The maximum absolute atomic E-state index is 15.1. The van der Waals surface area contributed by atoms with Crippen molar-refractivity contribution in [1.82, 2.24) is 14.7 Å². The third kappa shape index (κ3) is 5.90. The second-order valence-electron chi connectivity index (χ2n) is 13.0. The Morgan fingerprint density at radius 2 is 1.46 bits per heavy atom. The number of amides is 2. The molecule has 2 amide bonds. The predicted molar refractivity (Wildman–Crippen MR) is 182 cm³/mol. The summed E-state index contributed by atoms with van der Waals surface area (Å²) >= 11 is 0. The van der Waals surface area contributed by atoms with Crippen LogP contribution in [0.5, 0.6) is 11.5 Å². The molecule has 0 radical (unpaired) electrons. The highest BCUT2D eigenvalue weighted by Crippen LogP contribution is 2.52. The van der Waals surface area contributed by atoms with E-state index in [-0.39, 0.29) is 22.1 Å². The van der Waals surface area contributed by atoms with Gasteiger partial charge in [-0.05, 0) is 86.9 Å². The van der Waals surface area contributed by atoms with Crippen molar-refractivity contribution in [3.63, 3.8) is 0 Å². The molecular formula is C36H44N4O7S. The molecule has 1 atom stereocenters. The highest BCUT2D eigenvalue weighted by Gasteiger charge is 2.60. The van der Waals surface area contributed by atoms with Crippen molar-refractivity contribution in [1.29, 1.82) is 0 Å². The minimum Gasteiger partial charge on any atom is -0.497 e. The number of sulfonamides is 1. The zero-order chi connectivity index (χ0) is 34.2. The van der Waals surface area contributed by atoms with Crippen LogP contribution in [0.15, 0.2) is 71.6 Å². The van der Waals surface area contributed by atoms with E-state index in [9.17, 15) is 13.2 Å². The van der Waals surface area contributed by atoms with Gasteiger partial charge in [0, 0.05) is 43.3 Å². The van der Waals surface area contributed by atoms with Crippen LogP contribution >= 0.6 is 0 Å². The summed E-state index contributed by atoms with van der Waals surface area (Å²) in [6, 6.07) is 18.3. The first-order valence-electron chi connectivity index (χ1n) is 16.4. The first kappa shape index (κ1) is 33.8. The summed E-state index contributed by atoms with van der Waals surface area (Å²) in [7, 11) is 0.645. The van der Waals surface area contributed by atoms with Gasteiger partial charge in [0.05, 0.1) is 24.8 Å². The number of hydrogen-bond acceptors (Lipinski definition) is 9. The Morgan fingerprint density at radius 3 is 2.08 bits per heavy atom. The fourth-order valence-electron chi connectivity index (χ4n) is 7.12. The molecule has 0 aliphatic carbocycles. The van der Waals surface area contributed by atoms with Gasteiger partial charge in [-0.15, -0.1) is 0 Å². The molecule has 0 saturated carbocycles. The molecular weight excluding hydrogens is 632 g/mol. The predicted octanol–water partition coefficient (Wildman–Crippen LogP) is 4.65. The average molecular weight is 677 g/mol. The molecule has 6 rings (SSSR count). The van der Waals surface area contributed by atoms with Crippen LogP contribution in [0.4, 0.5) is 10.5 Å². The quantitative estimate of drug-likeness (QED) is 0.337. The van der Waals surface area contributed by atoms with Crippen molar-refractivity contribution in [3.05, 3.63) is 83.4 Å². The summed E-state index contributed by atoms with van der Waals surface area (Å²) in [5.74, 6) is -0.117. The van der Waals surface area contributed by atoms with E-state index in [0.717, 1.165) is 35.8 Å². The van der Waals surface area contributed by atoms with Crippen LogP contribution in [0, 0.1) is 0 Å². The molecule has 256 valence electrons. The van der Waals surface area contributed by atoms with Crippen molar-refractivity contribution in [2.45, 2.75) is 49.1 Å². The van der Waals surface area contributed by atoms with Gasteiger partial charge in [0.1, 0.15) is 11.5 Å². The van der Waals surface area contributed by atoms with E-state index < -0.39 is 27.6 Å². The number of likely N-dealkylation sites (tertiary alicyclic amines) is 1. The molecule has 3 aliphatic heterocycles. The standard InChI is InChI=1S/C36H44N4O7S/c1-25(2)30-8-6-7-9-31(30)36(47-35(42)39-22-20-38(21-23-39)26-16-18-37(3)19-17-26)32-24-28(46-5)12-15-33(32)40(34(36)41)48(43,44)29-13-10-27(45-4)11-14-29/h6-15,24-26H,16-23H2,1-5H3. The van der Waals surface area contributed by atoms with Gasteiger partial charge in [0.15, 0.2) is 0 Å². The number of carbonyl (C=O) groups excluding carboxylic acids is 2. The number of nitrogens with zero attached hydrogens (tertiary/aromatic N) is 4. The molecule has 2 fully saturated rings. The minimum absolute atomic E-state index is 0.0797. The topological polar surface area (TPSA) is 109 Å². The number of ether oxygens (including phenoxy) is 3. The molecule has 3 heterocycles. The molecule has 0 aromatic heterocycles. The number of benzene rings is 3. The fourth-order valence-corrected chi connectivity index (χ4v) is 8.58. The Balaban J connectivity index is 1.43. The Hall–Kier alpha value is -4.13. The Morgan fingerprint density at radius 1 is 0.833 bits per heavy atom. The molecule has 11 nitrogen and oxygen atoms in total. The molecule has 3 aromatic carbocycles. The van der Waals surface area contributed by atoms with E-state index in [1.165, 1.54) is 44.6 Å². The molecule has 0 bridgehead atoms. The van der Waals surface area contributed by atoms with E-state index in [1.54, 1.807) is 29.2 Å². The molecule has 0 N–H and O–H groups in total. The van der Waals surface area contributed by atoms with Gasteiger partial charge in [-0.3, -0.25) is 9.69 Å². The molecule has 1 unspecified atom stereocenters. The van der Waals surface area contributed by atoms with Gasteiger partial charge >= 0.3 is 6.09 Å². The smallest absolute Gasteiger partial charge is 0.411 e. The largest absolute Gasteiger partial charge is 0.497 e. The maximum Gasteiger partial charge on any atom is 0.411 e. The number of piperazine rings is 1. The number of hydrogen-bond donors (Lipinski definition) is 0. The van der Waals surface area contributed by atoms with E-state index in [2.05, 4.69) is 16.8 Å². The fraction of sp³-hybridized carbons (Fsp3) is 0.444. The van der Waals surface area contributed by atoms with Crippen LogP contribution in [-0.2, 0) is 25.2 Å². The van der Waals surface area contributed by atoms with Gasteiger partial charge < -0.3 is 24.0 Å². The lowest BCUT2D eigenvalue weighted by molar-refractivity contribution is -0.132. The van der Waals surface area contributed by atoms with Crippen LogP contribution in [0.3, 0.4) is 0 Å². The number of rotatable bonds is 8. The number of methoxy groups -OCH3 is 2. The van der Waals surface area contributed by atoms with Gasteiger partial charge in [0.2, 0.25) is 5.60 Å². The van der Waals surface area contributed by atoms with E-state index >= 15 is 4.79 Å². The van der Waals surface area contributed by atoms with E-state index in [0.29, 0.717) is 49.3 Å². The zero-order valence-corrected chi connectivity index (χ0v) is 29.0. The van der Waals surface area contributed by atoms with Gasteiger partial charge in [-0.2, -0.15) is 4.31 Å². The maximum atomic E-state index is 15.1. The second-order valence-corrected chi connectivity index (χ2v) is 14.8. The molecule has 12 heteroatoms. The second kappa shape index (κ2) is 13.4.